The van der Waals surface area contributed by atoms with Gasteiger partial charge in [-0.1, -0.05) is 35.9 Å². The highest BCUT2D eigenvalue weighted by Crippen LogP contribution is 2.23. The molecule has 2 amide bonds. The van der Waals surface area contributed by atoms with Crippen LogP contribution in [0.2, 0.25) is 5.02 Å². The van der Waals surface area contributed by atoms with Crippen molar-refractivity contribution in [2.24, 2.45) is 0 Å². The van der Waals surface area contributed by atoms with Crippen molar-refractivity contribution in [3.8, 4) is 0 Å². The molecule has 0 atom stereocenters. The number of rotatable bonds is 5. The van der Waals surface area contributed by atoms with Crippen LogP contribution in [0, 0.1) is 13.8 Å². The average Bonchev–Trinajstić information content (AvgIpc) is 2.98. The third-order valence-electron chi connectivity index (χ3n) is 4.28. The second-order valence-electron chi connectivity index (χ2n) is 6.14. The second kappa shape index (κ2) is 7.63. The Labute approximate surface area is 160 Å². The molecule has 0 aliphatic heterocycles. The molecule has 0 fully saturated rings. The molecule has 0 spiro atoms. The molecule has 0 aliphatic carbocycles. The van der Waals surface area contributed by atoms with E-state index in [1.54, 1.807) is 44.2 Å². The van der Waals surface area contributed by atoms with Crippen molar-refractivity contribution in [1.82, 2.24) is 10.3 Å². The predicted molar refractivity (Wildman–Crippen MR) is 105 cm³/mol. The van der Waals surface area contributed by atoms with Gasteiger partial charge >= 0.3 is 0 Å². The summed E-state index contributed by atoms with van der Waals surface area (Å²) in [4.78, 5) is 39.9. The van der Waals surface area contributed by atoms with Crippen LogP contribution in [0.1, 0.15) is 21.6 Å². The van der Waals surface area contributed by atoms with Gasteiger partial charge in [0.25, 0.3) is 11.7 Å². The highest BCUT2D eigenvalue weighted by atomic mass is 35.5. The zero-order chi connectivity index (χ0) is 19.6. The van der Waals surface area contributed by atoms with E-state index in [0.29, 0.717) is 27.4 Å². The molecule has 0 saturated heterocycles. The van der Waals surface area contributed by atoms with Gasteiger partial charge in [0.15, 0.2) is 0 Å². The number of aromatic amines is 1. The number of Topliss-reactive ketones (excluding diaryl/α,β-unsaturated/α-hetero) is 1. The molecule has 0 radical (unpaired) electrons. The van der Waals surface area contributed by atoms with Crippen LogP contribution in [0.5, 0.6) is 0 Å². The maximum Gasteiger partial charge on any atom is 0.292 e. The Balaban J connectivity index is 1.66. The van der Waals surface area contributed by atoms with Crippen molar-refractivity contribution in [3.63, 3.8) is 0 Å². The van der Waals surface area contributed by atoms with Crippen molar-refractivity contribution in [3.05, 3.63) is 64.3 Å². The smallest absolute Gasteiger partial charge is 0.292 e. The number of benzene rings is 2. The number of carbonyl (C=O) groups is 3. The molecule has 1 heterocycles. The zero-order valence-electron chi connectivity index (χ0n) is 14.9. The lowest BCUT2D eigenvalue weighted by molar-refractivity contribution is -0.121. The third-order valence-corrected chi connectivity index (χ3v) is 4.69. The summed E-state index contributed by atoms with van der Waals surface area (Å²) in [5.74, 6) is -1.96. The number of ketones is 1. The van der Waals surface area contributed by atoms with E-state index in [4.69, 9.17) is 11.6 Å². The van der Waals surface area contributed by atoms with Gasteiger partial charge in [-0.3, -0.25) is 14.4 Å². The van der Waals surface area contributed by atoms with Crippen LogP contribution in [-0.2, 0) is 9.59 Å². The Morgan fingerprint density at radius 1 is 1.04 bits per heavy atom. The van der Waals surface area contributed by atoms with E-state index in [-0.39, 0.29) is 6.54 Å². The van der Waals surface area contributed by atoms with Crippen LogP contribution in [0.4, 0.5) is 5.69 Å². The first-order valence-electron chi connectivity index (χ1n) is 8.33. The Morgan fingerprint density at radius 2 is 1.78 bits per heavy atom. The summed E-state index contributed by atoms with van der Waals surface area (Å²) in [6.07, 6.45) is 0. The molecule has 27 heavy (non-hydrogen) atoms. The first-order valence-corrected chi connectivity index (χ1v) is 8.71. The Bertz CT molecular complexity index is 1060. The lowest BCUT2D eigenvalue weighted by Crippen LogP contribution is -2.37. The van der Waals surface area contributed by atoms with Crippen LogP contribution in [0.25, 0.3) is 10.9 Å². The quantitative estimate of drug-likeness (QED) is 0.466. The van der Waals surface area contributed by atoms with Crippen LogP contribution in [0.3, 0.4) is 0 Å². The number of hydrogen-bond donors (Lipinski definition) is 3. The van der Waals surface area contributed by atoms with Gasteiger partial charge in [0, 0.05) is 27.3 Å². The van der Waals surface area contributed by atoms with Gasteiger partial charge in [-0.05, 0) is 37.6 Å². The van der Waals surface area contributed by atoms with Gasteiger partial charge in [-0.2, -0.15) is 0 Å². The third kappa shape index (κ3) is 3.85. The number of anilines is 1. The van der Waals surface area contributed by atoms with Crippen molar-refractivity contribution in [2.75, 3.05) is 11.9 Å². The van der Waals surface area contributed by atoms with Crippen molar-refractivity contribution in [2.45, 2.75) is 13.8 Å². The molecule has 138 valence electrons. The molecular formula is C20H18ClN3O3. The van der Waals surface area contributed by atoms with E-state index in [1.807, 2.05) is 12.1 Å². The van der Waals surface area contributed by atoms with E-state index in [1.165, 1.54) is 0 Å². The number of nitrogens with one attached hydrogen (secondary N) is 3. The van der Waals surface area contributed by atoms with Crippen LogP contribution in [-0.4, -0.2) is 29.1 Å². The molecule has 3 aromatic rings. The first-order chi connectivity index (χ1) is 12.9. The minimum atomic E-state index is -0.833. The van der Waals surface area contributed by atoms with Gasteiger partial charge in [0.05, 0.1) is 12.1 Å². The molecule has 0 bridgehead atoms. The van der Waals surface area contributed by atoms with Crippen LogP contribution < -0.4 is 10.6 Å². The van der Waals surface area contributed by atoms with Crippen molar-refractivity contribution >= 4 is 45.8 Å². The molecule has 7 heteroatoms. The summed E-state index contributed by atoms with van der Waals surface area (Å²) < 4.78 is 0. The molecular weight excluding hydrogens is 366 g/mol. The molecule has 1 aromatic heterocycles. The minimum Gasteiger partial charge on any atom is -0.358 e. The maximum absolute atomic E-state index is 12.5. The minimum absolute atomic E-state index is 0.314. The van der Waals surface area contributed by atoms with Gasteiger partial charge in [-0.25, -0.2) is 0 Å². The standard InChI is InChI=1S/C20H18ClN3O3/c1-11-14(21)7-5-9-15(11)24-17(25)10-22-20(27)19(26)18-12(2)23-16-8-4-3-6-13(16)18/h3-9,23H,10H2,1-2H3,(H,22,27)(H,24,25). The molecule has 6 nitrogen and oxygen atoms in total. The molecule has 3 rings (SSSR count). The Kier molecular flexibility index (Phi) is 5.28. The number of carbonyl (C=O) groups excluding carboxylic acids is 3. The Morgan fingerprint density at radius 3 is 2.56 bits per heavy atom. The number of para-hydroxylation sites is 1. The monoisotopic (exact) mass is 383 g/mol. The van der Waals surface area contributed by atoms with Crippen LogP contribution >= 0.6 is 11.6 Å². The largest absolute Gasteiger partial charge is 0.358 e. The second-order valence-corrected chi connectivity index (χ2v) is 6.55. The fourth-order valence-corrected chi connectivity index (χ4v) is 3.04. The summed E-state index contributed by atoms with van der Waals surface area (Å²) in [7, 11) is 0. The predicted octanol–water partition coefficient (Wildman–Crippen LogP) is 3.38. The van der Waals surface area contributed by atoms with Gasteiger partial charge in [0.1, 0.15) is 0 Å². The van der Waals surface area contributed by atoms with E-state index in [2.05, 4.69) is 15.6 Å². The summed E-state index contributed by atoms with van der Waals surface area (Å²) in [5, 5.41) is 6.24. The number of aromatic nitrogens is 1. The topological polar surface area (TPSA) is 91.1 Å². The normalized spacial score (nSPS) is 10.6. The van der Waals surface area contributed by atoms with Gasteiger partial charge in [0.2, 0.25) is 5.91 Å². The molecule has 3 N–H and O–H groups in total. The fourth-order valence-electron chi connectivity index (χ4n) is 2.86. The van der Waals surface area contributed by atoms with Crippen molar-refractivity contribution < 1.29 is 14.4 Å². The Hall–Kier alpha value is -3.12. The van der Waals surface area contributed by atoms with Gasteiger partial charge < -0.3 is 15.6 Å². The SMILES string of the molecule is Cc1[nH]c2ccccc2c1C(=O)C(=O)NCC(=O)Nc1cccc(Cl)c1C. The molecule has 0 saturated carbocycles. The van der Waals surface area contributed by atoms with E-state index >= 15 is 0 Å². The number of aryl methyl sites for hydroxylation is 1. The van der Waals surface area contributed by atoms with Crippen molar-refractivity contribution in [1.29, 1.82) is 0 Å². The first kappa shape index (κ1) is 18.7. The lowest BCUT2D eigenvalue weighted by Gasteiger charge is -2.10. The highest BCUT2D eigenvalue weighted by molar-refractivity contribution is 6.45. The highest BCUT2D eigenvalue weighted by Gasteiger charge is 2.23. The molecule has 2 aromatic carbocycles. The number of fused-ring (bicyclic) bond motifs is 1. The zero-order valence-corrected chi connectivity index (χ0v) is 15.6. The van der Waals surface area contributed by atoms with E-state index in [0.717, 1.165) is 11.1 Å². The lowest BCUT2D eigenvalue weighted by atomic mass is 10.1. The number of H-pyrrole nitrogens is 1. The maximum atomic E-state index is 12.5. The number of halogens is 1. The van der Waals surface area contributed by atoms with Crippen LogP contribution in [0.15, 0.2) is 42.5 Å². The van der Waals surface area contributed by atoms with E-state index < -0.39 is 17.6 Å². The average molecular weight is 384 g/mol. The van der Waals surface area contributed by atoms with E-state index in [9.17, 15) is 14.4 Å². The fraction of sp³-hybridized carbons (Fsp3) is 0.150. The summed E-state index contributed by atoms with van der Waals surface area (Å²) in [6, 6.07) is 12.4. The number of amides is 2. The molecule has 0 unspecified atom stereocenters. The summed E-state index contributed by atoms with van der Waals surface area (Å²) >= 11 is 6.02. The number of hydrogen-bond acceptors (Lipinski definition) is 3. The van der Waals surface area contributed by atoms with Gasteiger partial charge in [-0.15, -0.1) is 0 Å². The summed E-state index contributed by atoms with van der Waals surface area (Å²) in [6.45, 7) is 3.19. The summed E-state index contributed by atoms with van der Waals surface area (Å²) in [5.41, 5.74) is 2.98. The molecule has 0 aliphatic rings.